The van der Waals surface area contributed by atoms with Gasteiger partial charge in [0.1, 0.15) is 0 Å². The first-order valence-electron chi connectivity index (χ1n) is 24.9. The van der Waals surface area contributed by atoms with E-state index in [4.69, 9.17) is 14.6 Å². The van der Waals surface area contributed by atoms with Gasteiger partial charge >= 0.3 is 6.09 Å². The number of carboxylic acid groups (broad SMARTS) is 1. The number of amides is 2. The number of unbranched alkanes of at least 4 members (excludes halogenated alkanes) is 19. The molecule has 1 unspecified atom stereocenters. The minimum absolute atomic E-state index is 0.0606. The lowest BCUT2D eigenvalue weighted by atomic mass is 10.1. The molecule has 0 bridgehead atoms. The lowest BCUT2D eigenvalue weighted by Crippen LogP contribution is -2.47. The molecule has 1 aromatic rings. The summed E-state index contributed by atoms with van der Waals surface area (Å²) in [6, 6.07) is 9.68. The number of carbonyl (C=O) groups excluding carboxylic acids is 1. The smallest absolute Gasteiger partial charge is 0.404 e. The molecule has 2 amide bonds. The van der Waals surface area contributed by atoms with E-state index >= 15 is 0 Å². The molecule has 0 saturated heterocycles. The van der Waals surface area contributed by atoms with Crippen molar-refractivity contribution in [1.82, 2.24) is 16.0 Å². The van der Waals surface area contributed by atoms with Crippen LogP contribution in [0, 0.1) is 0 Å². The molecule has 0 radical (unpaired) electrons. The highest BCUT2D eigenvalue weighted by atomic mass is 16.5. The number of allylic oxidation sites excluding steroid dienone is 8. The second kappa shape index (κ2) is 44.8. The first-order valence-corrected chi connectivity index (χ1v) is 24.9. The van der Waals surface area contributed by atoms with Gasteiger partial charge in [-0.1, -0.05) is 170 Å². The van der Waals surface area contributed by atoms with Crippen molar-refractivity contribution in [2.75, 3.05) is 32.9 Å². The van der Waals surface area contributed by atoms with E-state index < -0.39 is 12.1 Å². The van der Waals surface area contributed by atoms with Gasteiger partial charge in [-0.2, -0.15) is 0 Å². The highest BCUT2D eigenvalue weighted by molar-refractivity contribution is 5.81. The van der Waals surface area contributed by atoms with Crippen molar-refractivity contribution in [1.29, 1.82) is 0 Å². The number of benzene rings is 1. The summed E-state index contributed by atoms with van der Waals surface area (Å²) in [4.78, 5) is 24.4. The Kier molecular flexibility index (Phi) is 41.0. The minimum Gasteiger partial charge on any atom is -0.465 e. The molecule has 0 fully saturated rings. The lowest BCUT2D eigenvalue weighted by Gasteiger charge is -2.22. The van der Waals surface area contributed by atoms with Gasteiger partial charge in [-0.15, -0.1) is 0 Å². The maximum atomic E-state index is 13.5. The molecule has 0 heterocycles. The Morgan fingerprint density at radius 1 is 0.590 bits per heavy atom. The number of hydrogen-bond donors (Lipinski definition) is 4. The molecule has 0 aromatic heterocycles. The van der Waals surface area contributed by atoms with E-state index in [0.717, 1.165) is 44.1 Å². The van der Waals surface area contributed by atoms with Crippen LogP contribution in [0.5, 0.6) is 0 Å². The number of hydrogen-bond acceptors (Lipinski definition) is 5. The molecule has 0 saturated carbocycles. The molecule has 0 spiro atoms. The van der Waals surface area contributed by atoms with Crippen LogP contribution in [-0.4, -0.2) is 62.2 Å². The fraction of sp³-hybridized carbons (Fsp3) is 0.698. The predicted octanol–water partition coefficient (Wildman–Crippen LogP) is 13.7. The number of carbonyl (C=O) groups is 2. The van der Waals surface area contributed by atoms with Crippen molar-refractivity contribution in [3.8, 4) is 0 Å². The maximum Gasteiger partial charge on any atom is 0.404 e. The molecule has 61 heavy (non-hydrogen) atoms. The molecular weight excluding hydrogens is 759 g/mol. The second-order valence-corrected chi connectivity index (χ2v) is 16.6. The summed E-state index contributed by atoms with van der Waals surface area (Å²) in [5, 5.41) is 17.9. The summed E-state index contributed by atoms with van der Waals surface area (Å²) in [6.07, 6.45) is 48.4. The van der Waals surface area contributed by atoms with E-state index in [-0.39, 0.29) is 12.0 Å². The van der Waals surface area contributed by atoms with Gasteiger partial charge < -0.3 is 30.5 Å². The summed E-state index contributed by atoms with van der Waals surface area (Å²) < 4.78 is 12.5. The topological polar surface area (TPSA) is 109 Å². The largest absolute Gasteiger partial charge is 0.465 e. The third kappa shape index (κ3) is 39.4. The van der Waals surface area contributed by atoms with E-state index in [0.29, 0.717) is 52.3 Å². The lowest BCUT2D eigenvalue weighted by molar-refractivity contribution is -0.124. The predicted molar refractivity (Wildman–Crippen MR) is 259 cm³/mol. The molecule has 0 aliphatic carbocycles. The van der Waals surface area contributed by atoms with Crippen molar-refractivity contribution >= 4 is 12.0 Å². The van der Waals surface area contributed by atoms with Gasteiger partial charge in [-0.3, -0.25) is 4.79 Å². The number of nitrogens with one attached hydrogen (secondary N) is 3. The first-order chi connectivity index (χ1) is 30.1. The van der Waals surface area contributed by atoms with Crippen LogP contribution in [0.3, 0.4) is 0 Å². The SMILES string of the molecule is CCCCC/C=C\C/C=C\CCCCCCCCOCC(CNC(=O)[C@@H](CCCCNC(=O)O)NCc1ccccc1)OCCCCCCCC/C=C\C/C=C\CCCCC. The summed E-state index contributed by atoms with van der Waals surface area (Å²) in [5.74, 6) is -0.0606. The van der Waals surface area contributed by atoms with E-state index in [9.17, 15) is 9.59 Å². The molecule has 0 aliphatic rings. The summed E-state index contributed by atoms with van der Waals surface area (Å²) >= 11 is 0. The highest BCUT2D eigenvalue weighted by Crippen LogP contribution is 2.11. The zero-order valence-corrected chi connectivity index (χ0v) is 39.1. The molecular formula is C53H91N3O5. The molecule has 1 rings (SSSR count). The average molecular weight is 850 g/mol. The fourth-order valence-electron chi connectivity index (χ4n) is 7.08. The van der Waals surface area contributed by atoms with Crippen LogP contribution >= 0.6 is 0 Å². The Hall–Kier alpha value is -3.20. The van der Waals surface area contributed by atoms with Crippen LogP contribution in [0.1, 0.15) is 193 Å². The fourth-order valence-corrected chi connectivity index (χ4v) is 7.08. The Morgan fingerprint density at radius 3 is 1.64 bits per heavy atom. The Balaban J connectivity index is 2.45. The van der Waals surface area contributed by atoms with E-state index in [1.165, 1.54) is 122 Å². The minimum atomic E-state index is -1.02. The molecule has 348 valence electrons. The van der Waals surface area contributed by atoms with E-state index in [1.807, 2.05) is 30.3 Å². The Morgan fingerprint density at radius 2 is 1.10 bits per heavy atom. The van der Waals surface area contributed by atoms with Crippen molar-refractivity contribution in [2.45, 2.75) is 206 Å². The number of rotatable bonds is 44. The monoisotopic (exact) mass is 850 g/mol. The molecule has 8 heteroatoms. The second-order valence-electron chi connectivity index (χ2n) is 16.6. The number of ether oxygens (including phenoxy) is 2. The van der Waals surface area contributed by atoms with E-state index in [1.54, 1.807) is 0 Å². The van der Waals surface area contributed by atoms with Crippen LogP contribution in [0.25, 0.3) is 0 Å². The van der Waals surface area contributed by atoms with Crippen molar-refractivity contribution in [2.24, 2.45) is 0 Å². The summed E-state index contributed by atoms with van der Waals surface area (Å²) in [5.41, 5.74) is 1.11. The van der Waals surface area contributed by atoms with Gasteiger partial charge in [0.2, 0.25) is 5.91 Å². The molecule has 1 aromatic carbocycles. The average Bonchev–Trinajstić information content (AvgIpc) is 3.26. The highest BCUT2D eigenvalue weighted by Gasteiger charge is 2.20. The van der Waals surface area contributed by atoms with Crippen LogP contribution in [0.4, 0.5) is 4.79 Å². The maximum absolute atomic E-state index is 13.5. The van der Waals surface area contributed by atoms with Crippen molar-refractivity contribution in [3.05, 3.63) is 84.5 Å². The van der Waals surface area contributed by atoms with Crippen molar-refractivity contribution < 1.29 is 24.2 Å². The first kappa shape index (κ1) is 55.8. The standard InChI is InChI=1S/C53H91N3O5/c1-3-5-7-9-11-13-15-17-19-21-23-25-27-29-31-38-44-60-48-50(61-45-39-32-30-28-26-24-22-20-18-16-14-12-10-8-6-4-2)47-56-52(57)51(42-36-37-43-54-53(58)59)55-46-49-40-34-33-35-41-49/h11-14,17-20,33-35,40-41,50-51,54-55H,3-10,15-16,21-32,36-39,42-48H2,1-2H3,(H,56,57)(H,58,59)/b13-11-,14-12-,19-17-,20-18-/t50?,51-/m1/s1. The Bertz CT molecular complexity index is 1230. The van der Waals surface area contributed by atoms with Gasteiger partial charge in [0.05, 0.1) is 18.8 Å². The van der Waals surface area contributed by atoms with Gasteiger partial charge in [0, 0.05) is 32.8 Å². The summed E-state index contributed by atoms with van der Waals surface area (Å²) in [6.45, 7) is 7.69. The molecule has 0 aliphatic heterocycles. The van der Waals surface area contributed by atoms with Gasteiger partial charge in [0.15, 0.2) is 0 Å². The zero-order chi connectivity index (χ0) is 43.9. The third-order valence-corrected chi connectivity index (χ3v) is 10.9. The molecule has 4 N–H and O–H groups in total. The third-order valence-electron chi connectivity index (χ3n) is 10.9. The molecule has 2 atom stereocenters. The van der Waals surface area contributed by atoms with Crippen LogP contribution < -0.4 is 16.0 Å². The van der Waals surface area contributed by atoms with Crippen LogP contribution in [0.15, 0.2) is 78.9 Å². The van der Waals surface area contributed by atoms with Gasteiger partial charge in [0.25, 0.3) is 0 Å². The van der Waals surface area contributed by atoms with Crippen molar-refractivity contribution in [3.63, 3.8) is 0 Å². The zero-order valence-electron chi connectivity index (χ0n) is 39.1. The van der Waals surface area contributed by atoms with E-state index in [2.05, 4.69) is 78.4 Å². The Labute approximate surface area is 374 Å². The quantitative estimate of drug-likeness (QED) is 0.0385. The van der Waals surface area contributed by atoms with Gasteiger partial charge in [-0.05, 0) is 102 Å². The van der Waals surface area contributed by atoms with Crippen LogP contribution in [0.2, 0.25) is 0 Å². The van der Waals surface area contributed by atoms with Crippen LogP contribution in [-0.2, 0) is 20.8 Å². The normalized spacial score (nSPS) is 13.0. The molecule has 8 nitrogen and oxygen atoms in total. The summed E-state index contributed by atoms with van der Waals surface area (Å²) in [7, 11) is 0. The van der Waals surface area contributed by atoms with Gasteiger partial charge in [-0.25, -0.2) is 4.79 Å².